The van der Waals surface area contributed by atoms with Gasteiger partial charge < -0.3 is 4.97 Å². The van der Waals surface area contributed by atoms with Crippen LogP contribution >= 0.6 is 0 Å². The van der Waals surface area contributed by atoms with Gasteiger partial charge in [0.25, 0.3) is 7.41 Å². The first kappa shape index (κ1) is 10.6. The lowest BCUT2D eigenvalue weighted by atomic mass is 9.89. The van der Waals surface area contributed by atoms with Gasteiger partial charge in [0.05, 0.1) is 12.3 Å². The quantitative estimate of drug-likeness (QED) is 0.683. The minimum Gasteiger partial charge on any atom is -0.306 e. The molecule has 1 radical (unpaired) electrons. The molecule has 2 nitrogen and oxygen atoms in total. The molecule has 0 aromatic heterocycles. The minimum absolute atomic E-state index is 0.584. The first-order chi connectivity index (χ1) is 7.18. The van der Waals surface area contributed by atoms with Crippen molar-refractivity contribution in [2.75, 3.05) is 11.6 Å². The molecule has 0 atom stereocenters. The predicted octanol–water partition coefficient (Wildman–Crippen LogP) is 2.91. The van der Waals surface area contributed by atoms with Crippen LogP contribution in [0.25, 0.3) is 0 Å². The van der Waals surface area contributed by atoms with Crippen LogP contribution in [0.15, 0.2) is 18.2 Å². The molecule has 79 valence electrons. The van der Waals surface area contributed by atoms with E-state index in [0.29, 0.717) is 5.92 Å². The fourth-order valence-electron chi connectivity index (χ4n) is 1.83. The molecule has 1 fully saturated rings. The van der Waals surface area contributed by atoms with Gasteiger partial charge in [0.15, 0.2) is 0 Å². The molecule has 0 amide bonds. The Labute approximate surface area is 92.5 Å². The van der Waals surface area contributed by atoms with Crippen molar-refractivity contribution in [1.29, 1.82) is 0 Å². The van der Waals surface area contributed by atoms with Crippen molar-refractivity contribution in [2.24, 2.45) is 0 Å². The van der Waals surface area contributed by atoms with E-state index < -0.39 is 0 Å². The maximum absolute atomic E-state index is 5.50. The summed E-state index contributed by atoms with van der Waals surface area (Å²) in [5.74, 6) is 0.584. The summed E-state index contributed by atoms with van der Waals surface area (Å²) in [6.45, 7) is 7.36. The predicted molar refractivity (Wildman–Crippen MR) is 64.3 cm³/mol. The third kappa shape index (κ3) is 2.18. The Bertz CT molecular complexity index is 345. The van der Waals surface area contributed by atoms with Crippen LogP contribution in [0.5, 0.6) is 0 Å². The van der Waals surface area contributed by atoms with E-state index in [2.05, 4.69) is 46.4 Å². The lowest BCUT2D eigenvalue weighted by molar-refractivity contribution is 0.185. The second-order valence-corrected chi connectivity index (χ2v) is 4.33. The molecule has 0 unspecified atom stereocenters. The minimum atomic E-state index is 0.584. The SMILES string of the molecule is Cc1cc(C(C)C)ccc1N1[B]CCO1. The molecule has 1 aliphatic heterocycles. The molecule has 0 bridgehead atoms. The number of hydrogen-bond acceptors (Lipinski definition) is 2. The van der Waals surface area contributed by atoms with Crippen molar-refractivity contribution in [3.63, 3.8) is 0 Å². The van der Waals surface area contributed by atoms with E-state index in [-0.39, 0.29) is 0 Å². The van der Waals surface area contributed by atoms with Crippen molar-refractivity contribution in [3.8, 4) is 0 Å². The number of rotatable bonds is 2. The van der Waals surface area contributed by atoms with Crippen LogP contribution in [-0.2, 0) is 4.84 Å². The van der Waals surface area contributed by atoms with Gasteiger partial charge in [0, 0.05) is 0 Å². The second kappa shape index (κ2) is 4.27. The number of anilines is 1. The maximum atomic E-state index is 5.50. The van der Waals surface area contributed by atoms with Crippen LogP contribution in [0.4, 0.5) is 5.69 Å². The van der Waals surface area contributed by atoms with Gasteiger partial charge in [0.2, 0.25) is 0 Å². The highest BCUT2D eigenvalue weighted by molar-refractivity contribution is 6.41. The monoisotopic (exact) mass is 202 g/mol. The van der Waals surface area contributed by atoms with Crippen molar-refractivity contribution in [3.05, 3.63) is 29.3 Å². The van der Waals surface area contributed by atoms with Gasteiger partial charge >= 0.3 is 0 Å². The Kier molecular flexibility index (Phi) is 3.01. The number of aryl methyl sites for hydroxylation is 1. The summed E-state index contributed by atoms with van der Waals surface area (Å²) in [6, 6.07) is 6.57. The number of benzene rings is 1. The van der Waals surface area contributed by atoms with E-state index >= 15 is 0 Å². The molecule has 1 aliphatic rings. The summed E-state index contributed by atoms with van der Waals surface area (Å²) >= 11 is 0. The molecule has 0 saturated carbocycles. The lowest BCUT2D eigenvalue weighted by Gasteiger charge is -2.20. The number of nitrogens with zero attached hydrogens (tertiary/aromatic N) is 1. The lowest BCUT2D eigenvalue weighted by Crippen LogP contribution is -2.20. The van der Waals surface area contributed by atoms with E-state index in [0.717, 1.165) is 18.6 Å². The van der Waals surface area contributed by atoms with Crippen LogP contribution in [0, 0.1) is 6.92 Å². The summed E-state index contributed by atoms with van der Waals surface area (Å²) in [5.41, 5.74) is 3.83. The topological polar surface area (TPSA) is 12.5 Å². The van der Waals surface area contributed by atoms with Gasteiger partial charge in [-0.2, -0.15) is 0 Å². The van der Waals surface area contributed by atoms with Crippen LogP contribution in [-0.4, -0.2) is 14.0 Å². The summed E-state index contributed by atoms with van der Waals surface area (Å²) in [7, 11) is 2.09. The second-order valence-electron chi connectivity index (χ2n) is 4.33. The van der Waals surface area contributed by atoms with Gasteiger partial charge in [-0.25, -0.2) is 0 Å². The van der Waals surface area contributed by atoms with E-state index in [9.17, 15) is 0 Å². The van der Waals surface area contributed by atoms with Crippen LogP contribution in [0.1, 0.15) is 30.9 Å². The zero-order chi connectivity index (χ0) is 10.8. The Morgan fingerprint density at radius 1 is 1.40 bits per heavy atom. The summed E-state index contributed by atoms with van der Waals surface area (Å²) in [6.07, 6.45) is 1.01. The van der Waals surface area contributed by atoms with Gasteiger partial charge in [-0.3, -0.25) is 4.84 Å². The fraction of sp³-hybridized carbons (Fsp3) is 0.500. The van der Waals surface area contributed by atoms with Crippen molar-refractivity contribution in [1.82, 2.24) is 0 Å². The average Bonchev–Trinajstić information content (AvgIpc) is 2.70. The maximum Gasteiger partial charge on any atom is 0.288 e. The number of hydrogen-bond donors (Lipinski definition) is 0. The van der Waals surface area contributed by atoms with Crippen LogP contribution in [0.3, 0.4) is 0 Å². The molecule has 15 heavy (non-hydrogen) atoms. The highest BCUT2D eigenvalue weighted by atomic mass is 16.7. The first-order valence-electron chi connectivity index (χ1n) is 5.54. The van der Waals surface area contributed by atoms with Gasteiger partial charge in [-0.05, 0) is 36.4 Å². The smallest absolute Gasteiger partial charge is 0.288 e. The van der Waals surface area contributed by atoms with Crippen molar-refractivity contribution >= 4 is 13.1 Å². The molecule has 1 saturated heterocycles. The van der Waals surface area contributed by atoms with Crippen LogP contribution in [0.2, 0.25) is 6.32 Å². The summed E-state index contributed by atoms with van der Waals surface area (Å²) in [5, 5.41) is 0. The Balaban J connectivity index is 2.25. The largest absolute Gasteiger partial charge is 0.306 e. The highest BCUT2D eigenvalue weighted by Crippen LogP contribution is 2.26. The summed E-state index contributed by atoms with van der Waals surface area (Å²) < 4.78 is 0. The fourth-order valence-corrected chi connectivity index (χ4v) is 1.83. The zero-order valence-electron chi connectivity index (χ0n) is 9.66. The Hall–Kier alpha value is -0.955. The molecule has 0 N–H and O–H groups in total. The Morgan fingerprint density at radius 2 is 2.20 bits per heavy atom. The standard InChI is InChI=1S/C12H17BNO/c1-9(2)11-4-5-12(10(3)8-11)14-13-6-7-15-14/h4-5,8-9H,6-7H2,1-3H3. The van der Waals surface area contributed by atoms with E-state index in [1.165, 1.54) is 11.1 Å². The van der Waals surface area contributed by atoms with E-state index in [4.69, 9.17) is 4.84 Å². The highest BCUT2D eigenvalue weighted by Gasteiger charge is 2.17. The van der Waals surface area contributed by atoms with Gasteiger partial charge in [-0.15, -0.1) is 0 Å². The first-order valence-corrected chi connectivity index (χ1v) is 5.54. The van der Waals surface area contributed by atoms with Crippen LogP contribution < -0.4 is 4.97 Å². The molecule has 3 heteroatoms. The zero-order valence-corrected chi connectivity index (χ0v) is 9.66. The van der Waals surface area contributed by atoms with Crippen molar-refractivity contribution < 1.29 is 4.84 Å². The molecule has 0 aliphatic carbocycles. The molecule has 0 spiro atoms. The third-order valence-electron chi connectivity index (χ3n) is 2.77. The normalized spacial score (nSPS) is 15.9. The molecular formula is C12H17BNO. The third-order valence-corrected chi connectivity index (χ3v) is 2.77. The molecule has 1 aromatic carbocycles. The van der Waals surface area contributed by atoms with E-state index in [1.807, 2.05) is 4.97 Å². The van der Waals surface area contributed by atoms with Gasteiger partial charge in [0.1, 0.15) is 0 Å². The average molecular weight is 202 g/mol. The van der Waals surface area contributed by atoms with Gasteiger partial charge in [-0.1, -0.05) is 26.0 Å². The molecule has 2 rings (SSSR count). The molecule has 1 heterocycles. The molecular weight excluding hydrogens is 185 g/mol. The Morgan fingerprint density at radius 3 is 2.73 bits per heavy atom. The molecule has 1 aromatic rings. The van der Waals surface area contributed by atoms with Crippen molar-refractivity contribution in [2.45, 2.75) is 33.0 Å². The van der Waals surface area contributed by atoms with E-state index in [1.54, 1.807) is 0 Å². The summed E-state index contributed by atoms with van der Waals surface area (Å²) in [4.78, 5) is 7.39.